The molecular weight excluding hydrogens is 493 g/mol. The van der Waals surface area contributed by atoms with Gasteiger partial charge in [0.25, 0.3) is 0 Å². The van der Waals surface area contributed by atoms with Gasteiger partial charge < -0.3 is 19.8 Å². The first-order chi connectivity index (χ1) is 10.9. The van der Waals surface area contributed by atoms with Crippen molar-refractivity contribution in [2.45, 2.75) is 7.59 Å². The summed E-state index contributed by atoms with van der Waals surface area (Å²) in [6.07, 6.45) is 0. The molecule has 0 amide bonds. The van der Waals surface area contributed by atoms with E-state index in [9.17, 15) is 19.8 Å². The molecule has 0 aliphatic heterocycles. The van der Waals surface area contributed by atoms with Crippen molar-refractivity contribution in [3.63, 3.8) is 0 Å². The first kappa shape index (κ1) is 29.8. The van der Waals surface area contributed by atoms with Crippen LogP contribution in [0.15, 0.2) is 60.7 Å². The minimum atomic E-state index is -2.28. The maximum Gasteiger partial charge on any atom is 4.00 e. The molecule has 0 fully saturated rings. The van der Waals surface area contributed by atoms with Crippen molar-refractivity contribution >= 4 is 81.5 Å². The van der Waals surface area contributed by atoms with Crippen LogP contribution in [0.2, 0.25) is 0 Å². The summed E-state index contributed by atoms with van der Waals surface area (Å²) in [5.74, 6) is -3.42. The van der Waals surface area contributed by atoms with E-state index in [0.717, 1.165) is 0 Å². The Morgan fingerprint density at radius 2 is 0.800 bits per heavy atom. The van der Waals surface area contributed by atoms with Gasteiger partial charge in [-0.1, -0.05) is 69.6 Å². The summed E-state index contributed by atoms with van der Waals surface area (Å²) in [4.78, 5) is 19.0. The molecule has 2 aromatic rings. The van der Waals surface area contributed by atoms with E-state index in [1.165, 1.54) is 0 Å². The van der Waals surface area contributed by atoms with Gasteiger partial charge in [0, 0.05) is 0 Å². The van der Waals surface area contributed by atoms with Gasteiger partial charge in [0.05, 0.1) is 11.9 Å². The Labute approximate surface area is 190 Å². The van der Waals surface area contributed by atoms with E-state index in [4.69, 9.17) is 69.6 Å². The predicted molar refractivity (Wildman–Crippen MR) is 94.7 cm³/mol. The smallest absolute Gasteiger partial charge is 0.545 e. The van der Waals surface area contributed by atoms with Crippen molar-refractivity contribution in [2.75, 3.05) is 0 Å². The molecule has 0 aromatic heterocycles. The minimum absolute atomic E-state index is 0. The summed E-state index contributed by atoms with van der Waals surface area (Å²) < 4.78 is -4.56. The average Bonchev–Trinajstić information content (AvgIpc) is 3.16. The predicted octanol–water partition coefficient (Wildman–Crippen LogP) is 3.02. The molecule has 2 rings (SSSR count). The first-order valence-corrected chi connectivity index (χ1v) is 8.05. The summed E-state index contributed by atoms with van der Waals surface area (Å²) >= 11 is 28.4. The second kappa shape index (κ2) is 16.3. The second-order valence-corrected chi connectivity index (χ2v) is 8.06. The van der Waals surface area contributed by atoms with E-state index in [0.29, 0.717) is 0 Å². The molecule has 0 saturated heterocycles. The molecule has 0 unspecified atom stereocenters. The monoisotopic (exact) mass is 500 g/mol. The minimum Gasteiger partial charge on any atom is -0.545 e. The van der Waals surface area contributed by atoms with E-state index in [-0.39, 0.29) is 21.7 Å². The number of hydrogen-bond acceptors (Lipinski definition) is 4. The molecule has 0 aliphatic carbocycles. The summed E-state index contributed by atoms with van der Waals surface area (Å²) in [6.45, 7) is 0. The molecule has 136 valence electrons. The van der Waals surface area contributed by atoms with Gasteiger partial charge in [0.1, 0.15) is 0 Å². The Bertz CT molecular complexity index is 448. The Hall–Kier alpha value is 0.0943. The maximum atomic E-state index is 9.51. The molecule has 11 heteroatoms. The van der Waals surface area contributed by atoms with Crippen LogP contribution >= 0.6 is 69.6 Å². The molecule has 0 bridgehead atoms. The fraction of sp³-hybridized carbons (Fsp3) is 0.143. The summed E-state index contributed by atoms with van der Waals surface area (Å²) in [5.41, 5.74) is 0. The first-order valence-electron chi connectivity index (χ1n) is 5.78. The molecule has 0 atom stereocenters. The van der Waals surface area contributed by atoms with Crippen molar-refractivity contribution < 1.29 is 41.5 Å². The van der Waals surface area contributed by atoms with E-state index in [2.05, 4.69) is 0 Å². The third-order valence-electron chi connectivity index (χ3n) is 1.57. The van der Waals surface area contributed by atoms with Gasteiger partial charge in [-0.25, -0.2) is 24.3 Å². The van der Waals surface area contributed by atoms with Gasteiger partial charge in [0.15, 0.2) is 0 Å². The third kappa shape index (κ3) is 24.1. The summed E-state index contributed by atoms with van der Waals surface area (Å²) in [7, 11) is 0. The molecule has 0 N–H and O–H groups in total. The number of hydrogen-bond donors (Lipinski definition) is 0. The molecule has 0 heterocycles. The van der Waals surface area contributed by atoms with Crippen LogP contribution in [-0.2, 0) is 31.3 Å². The third-order valence-corrected chi connectivity index (χ3v) is 2.50. The van der Waals surface area contributed by atoms with Crippen molar-refractivity contribution in [3.05, 3.63) is 60.7 Å². The van der Waals surface area contributed by atoms with Crippen molar-refractivity contribution in [1.29, 1.82) is 0 Å². The van der Waals surface area contributed by atoms with Crippen LogP contribution in [0.3, 0.4) is 0 Å². The summed E-state index contributed by atoms with van der Waals surface area (Å²) in [6, 6.07) is 20.0. The van der Waals surface area contributed by atoms with Gasteiger partial charge in [-0.15, -0.1) is 0 Å². The zero-order valence-corrected chi connectivity index (χ0v) is 18.3. The number of aliphatic carboxylic acids is 2. The van der Waals surface area contributed by atoms with Gasteiger partial charge in [-0.3, -0.25) is 0 Å². The zero-order chi connectivity index (χ0) is 19.2. The number of carbonyl (C=O) groups excluding carboxylic acids is 2. The van der Waals surface area contributed by atoms with Crippen molar-refractivity contribution in [1.82, 2.24) is 0 Å². The number of carboxylic acids is 2. The van der Waals surface area contributed by atoms with E-state index in [1.54, 1.807) is 0 Å². The molecule has 4 nitrogen and oxygen atoms in total. The Morgan fingerprint density at radius 1 is 0.640 bits per heavy atom. The van der Waals surface area contributed by atoms with E-state index in [1.807, 2.05) is 60.7 Å². The van der Waals surface area contributed by atoms with Crippen molar-refractivity contribution in [3.8, 4) is 0 Å². The van der Waals surface area contributed by atoms with E-state index < -0.39 is 19.5 Å². The van der Waals surface area contributed by atoms with Crippen LogP contribution in [0, 0.1) is 0 Å². The summed E-state index contributed by atoms with van der Waals surface area (Å²) in [5, 5.41) is 19.0. The number of carbonyl (C=O) groups is 2. The normalized spacial score (nSPS) is 9.52. The number of alkyl halides is 6. The van der Waals surface area contributed by atoms with E-state index >= 15 is 0 Å². The largest absolute Gasteiger partial charge is 4.00 e. The Kier molecular flexibility index (Phi) is 19.4. The van der Waals surface area contributed by atoms with Crippen LogP contribution in [0.1, 0.15) is 0 Å². The fourth-order valence-electron chi connectivity index (χ4n) is 0.642. The number of halogens is 6. The van der Waals surface area contributed by atoms with Crippen LogP contribution in [0.5, 0.6) is 0 Å². The van der Waals surface area contributed by atoms with Gasteiger partial charge >= 0.3 is 21.7 Å². The number of carboxylic acid groups (broad SMARTS) is 2. The zero-order valence-electron chi connectivity index (χ0n) is 12.2. The van der Waals surface area contributed by atoms with Gasteiger partial charge in [-0.05, 0) is 0 Å². The SMILES string of the molecule is O=C([O-])C(Cl)(Cl)Cl.O=C([O-])C(Cl)(Cl)Cl.[Ti+4].c1cc[cH-]c1.c1cc[cH-]c1. The number of rotatable bonds is 0. The fourth-order valence-corrected chi connectivity index (χ4v) is 0.642. The molecule has 0 saturated carbocycles. The molecule has 2 aromatic carbocycles. The molecule has 25 heavy (non-hydrogen) atoms. The average molecular weight is 503 g/mol. The topological polar surface area (TPSA) is 80.3 Å². The van der Waals surface area contributed by atoms with Gasteiger partial charge in [0.2, 0.25) is 7.59 Å². The molecule has 0 aliphatic rings. The van der Waals surface area contributed by atoms with Crippen LogP contribution in [0.25, 0.3) is 0 Å². The molecule has 0 radical (unpaired) electrons. The van der Waals surface area contributed by atoms with Crippen molar-refractivity contribution in [2.24, 2.45) is 0 Å². The van der Waals surface area contributed by atoms with Gasteiger partial charge in [-0.2, -0.15) is 36.4 Å². The molecule has 0 spiro atoms. The maximum absolute atomic E-state index is 9.51. The van der Waals surface area contributed by atoms with Crippen LogP contribution in [0.4, 0.5) is 0 Å². The second-order valence-electron chi connectivity index (χ2n) is 3.49. The standard InChI is InChI=1S/2C5H5.2C2HCl3O2.Ti/c2*1-2-4-5-3-1;2*3-2(4,5)1(6)7;/h2*1-5H;2*(H,6,7);/q2*-1;;;+4/p-2. The van der Waals surface area contributed by atoms with Crippen LogP contribution < -0.4 is 10.2 Å². The van der Waals surface area contributed by atoms with Crippen LogP contribution in [-0.4, -0.2) is 19.5 Å². The Morgan fingerprint density at radius 3 is 0.840 bits per heavy atom. The quantitative estimate of drug-likeness (QED) is 0.315. The Balaban J connectivity index is -0.000000257. The molecular formula is C14H10Cl6O4Ti.